The Labute approximate surface area is 114 Å². The molecule has 2 atom stereocenters. The lowest BCUT2D eigenvalue weighted by molar-refractivity contribution is 0.0879. The summed E-state index contributed by atoms with van der Waals surface area (Å²) in [4.78, 5) is 0. The lowest BCUT2D eigenvalue weighted by atomic mass is 9.95. The number of fused-ring (bicyclic) bond motifs is 8. The molecule has 1 aromatic heterocycles. The highest BCUT2D eigenvalue weighted by atomic mass is 35.5. The Balaban J connectivity index is 1.92. The number of rotatable bonds is 0. The Bertz CT molecular complexity index is 875. The van der Waals surface area contributed by atoms with Crippen molar-refractivity contribution >= 4 is 33.5 Å². The molecular weight excluding hydrogens is 260 g/mol. The molecule has 2 unspecified atom stereocenters. The van der Waals surface area contributed by atoms with E-state index in [2.05, 4.69) is 24.3 Å². The highest BCUT2D eigenvalue weighted by molar-refractivity contribution is 6.31. The van der Waals surface area contributed by atoms with Crippen LogP contribution in [0.15, 0.2) is 46.9 Å². The first-order valence-corrected chi connectivity index (χ1v) is 6.67. The van der Waals surface area contributed by atoms with E-state index in [-0.39, 0.29) is 12.2 Å². The largest absolute Gasteiger partial charge is 0.456 e. The molecule has 0 amide bonds. The average molecular weight is 269 g/mol. The molecule has 0 aliphatic carbocycles. The number of ether oxygens (including phenoxy) is 1. The van der Waals surface area contributed by atoms with E-state index in [1.54, 1.807) is 0 Å². The topological polar surface area (TPSA) is 22.4 Å². The lowest BCUT2D eigenvalue weighted by Gasteiger charge is -2.06. The van der Waals surface area contributed by atoms with E-state index in [9.17, 15) is 0 Å². The minimum Gasteiger partial charge on any atom is -0.456 e. The molecule has 3 heteroatoms. The Hall–Kier alpha value is -1.77. The van der Waals surface area contributed by atoms with E-state index in [1.165, 1.54) is 11.1 Å². The minimum atomic E-state index is 0.0983. The first-order valence-electron chi connectivity index (χ1n) is 6.29. The van der Waals surface area contributed by atoms with E-state index in [0.29, 0.717) is 0 Å². The number of furan rings is 1. The number of hydrogen-bond acceptors (Lipinski definition) is 2. The normalized spacial score (nSPS) is 23.6. The fourth-order valence-corrected chi connectivity index (χ4v) is 3.30. The monoisotopic (exact) mass is 268 g/mol. The van der Waals surface area contributed by atoms with Crippen LogP contribution in [0.4, 0.5) is 0 Å². The SMILES string of the molecule is Clc1ccc2oc3cc4c(cc3c2c1)C1C=CC4O1. The smallest absolute Gasteiger partial charge is 0.135 e. The van der Waals surface area contributed by atoms with Crippen molar-refractivity contribution in [3.63, 3.8) is 0 Å². The zero-order valence-corrected chi connectivity index (χ0v) is 10.6. The molecule has 2 bridgehead atoms. The van der Waals surface area contributed by atoms with Crippen molar-refractivity contribution in [3.05, 3.63) is 58.6 Å². The molecule has 0 N–H and O–H groups in total. The standard InChI is InChI=1S/C16H9ClO2/c17-8-1-2-13-9(5-8)11-6-10-12(7-16(11)19-13)15-4-3-14(10)18-15/h1-7,14-15H. The van der Waals surface area contributed by atoms with Crippen molar-refractivity contribution in [2.24, 2.45) is 0 Å². The molecule has 0 radical (unpaired) electrons. The molecule has 3 aromatic rings. The maximum absolute atomic E-state index is 6.08. The van der Waals surface area contributed by atoms with Gasteiger partial charge in [0.25, 0.3) is 0 Å². The van der Waals surface area contributed by atoms with Gasteiger partial charge in [-0.2, -0.15) is 0 Å². The molecular formula is C16H9ClO2. The summed E-state index contributed by atoms with van der Waals surface area (Å²) in [5, 5.41) is 2.91. The summed E-state index contributed by atoms with van der Waals surface area (Å²) in [6.07, 6.45) is 4.43. The Kier molecular flexibility index (Phi) is 1.70. The lowest BCUT2D eigenvalue weighted by Crippen LogP contribution is -1.91. The fraction of sp³-hybridized carbons (Fsp3) is 0.125. The molecule has 0 saturated heterocycles. The first-order chi connectivity index (χ1) is 9.29. The maximum Gasteiger partial charge on any atom is 0.135 e. The summed E-state index contributed by atoms with van der Waals surface area (Å²) in [7, 11) is 0. The average Bonchev–Trinajstić information content (AvgIpc) is 3.08. The molecule has 2 aromatic carbocycles. The minimum absolute atomic E-state index is 0.0983. The van der Waals surface area contributed by atoms with Gasteiger partial charge in [0.1, 0.15) is 23.4 Å². The maximum atomic E-state index is 6.08. The molecule has 2 aliphatic rings. The van der Waals surface area contributed by atoms with Gasteiger partial charge in [-0.1, -0.05) is 23.8 Å². The molecule has 2 nitrogen and oxygen atoms in total. The van der Waals surface area contributed by atoms with Crippen LogP contribution in [-0.2, 0) is 4.74 Å². The zero-order valence-electron chi connectivity index (χ0n) is 9.89. The third-order valence-electron chi connectivity index (χ3n) is 4.00. The second-order valence-electron chi connectivity index (χ2n) is 5.08. The molecule has 2 aliphatic heterocycles. The molecule has 5 rings (SSSR count). The van der Waals surface area contributed by atoms with Gasteiger partial charge < -0.3 is 9.15 Å². The van der Waals surface area contributed by atoms with Gasteiger partial charge in [-0.25, -0.2) is 0 Å². The molecule has 3 heterocycles. The summed E-state index contributed by atoms with van der Waals surface area (Å²) in [5.41, 5.74) is 4.26. The first kappa shape index (κ1) is 10.1. The van der Waals surface area contributed by atoms with E-state index in [4.69, 9.17) is 20.8 Å². The van der Waals surface area contributed by atoms with Crippen LogP contribution in [-0.4, -0.2) is 0 Å². The van der Waals surface area contributed by atoms with Crippen molar-refractivity contribution in [1.82, 2.24) is 0 Å². The molecule has 92 valence electrons. The molecule has 0 spiro atoms. The Morgan fingerprint density at radius 2 is 1.58 bits per heavy atom. The quantitative estimate of drug-likeness (QED) is 0.540. The van der Waals surface area contributed by atoms with Gasteiger partial charge >= 0.3 is 0 Å². The molecule has 19 heavy (non-hydrogen) atoms. The van der Waals surface area contributed by atoms with Crippen molar-refractivity contribution in [2.75, 3.05) is 0 Å². The highest BCUT2D eigenvalue weighted by Gasteiger charge is 2.34. The van der Waals surface area contributed by atoms with Crippen molar-refractivity contribution in [1.29, 1.82) is 0 Å². The van der Waals surface area contributed by atoms with Gasteiger partial charge in [0.05, 0.1) is 0 Å². The zero-order chi connectivity index (χ0) is 12.6. The highest BCUT2D eigenvalue weighted by Crippen LogP contribution is 2.48. The third kappa shape index (κ3) is 1.20. The Morgan fingerprint density at radius 1 is 0.842 bits per heavy atom. The van der Waals surface area contributed by atoms with Crippen LogP contribution in [0.2, 0.25) is 5.02 Å². The van der Waals surface area contributed by atoms with Crippen LogP contribution in [0, 0.1) is 0 Å². The number of halogens is 1. The van der Waals surface area contributed by atoms with Gasteiger partial charge in [-0.3, -0.25) is 0 Å². The number of benzene rings is 2. The van der Waals surface area contributed by atoms with E-state index in [0.717, 1.165) is 27.0 Å². The van der Waals surface area contributed by atoms with Crippen LogP contribution in [0.25, 0.3) is 21.9 Å². The van der Waals surface area contributed by atoms with Gasteiger partial charge in [0, 0.05) is 15.8 Å². The van der Waals surface area contributed by atoms with E-state index < -0.39 is 0 Å². The molecule has 0 fully saturated rings. The second-order valence-corrected chi connectivity index (χ2v) is 5.52. The fourth-order valence-electron chi connectivity index (χ4n) is 3.12. The second kappa shape index (κ2) is 3.21. The van der Waals surface area contributed by atoms with Crippen LogP contribution in [0.3, 0.4) is 0 Å². The summed E-state index contributed by atoms with van der Waals surface area (Å²) in [5.74, 6) is 0. The molecule has 0 saturated carbocycles. The predicted octanol–water partition coefficient (Wildman–Crippen LogP) is 4.92. The van der Waals surface area contributed by atoms with Gasteiger partial charge in [0.2, 0.25) is 0 Å². The van der Waals surface area contributed by atoms with Crippen molar-refractivity contribution in [3.8, 4) is 0 Å². The van der Waals surface area contributed by atoms with Crippen LogP contribution in [0.5, 0.6) is 0 Å². The number of hydrogen-bond donors (Lipinski definition) is 0. The summed E-state index contributed by atoms with van der Waals surface area (Å²) >= 11 is 6.08. The summed E-state index contributed by atoms with van der Waals surface area (Å²) < 4.78 is 11.7. The van der Waals surface area contributed by atoms with Gasteiger partial charge in [0.15, 0.2) is 0 Å². The van der Waals surface area contributed by atoms with Gasteiger partial charge in [-0.05, 0) is 41.5 Å². The van der Waals surface area contributed by atoms with Crippen LogP contribution < -0.4 is 0 Å². The van der Waals surface area contributed by atoms with Crippen molar-refractivity contribution < 1.29 is 9.15 Å². The van der Waals surface area contributed by atoms with Gasteiger partial charge in [-0.15, -0.1) is 0 Å². The Morgan fingerprint density at radius 3 is 2.42 bits per heavy atom. The summed E-state index contributed by atoms with van der Waals surface area (Å²) in [6, 6.07) is 10.0. The van der Waals surface area contributed by atoms with E-state index in [1.807, 2.05) is 18.2 Å². The summed E-state index contributed by atoms with van der Waals surface area (Å²) in [6.45, 7) is 0. The predicted molar refractivity (Wildman–Crippen MR) is 74.4 cm³/mol. The van der Waals surface area contributed by atoms with Crippen LogP contribution >= 0.6 is 11.6 Å². The van der Waals surface area contributed by atoms with Crippen molar-refractivity contribution in [2.45, 2.75) is 12.2 Å². The van der Waals surface area contributed by atoms with E-state index >= 15 is 0 Å². The third-order valence-corrected chi connectivity index (χ3v) is 4.24. The van der Waals surface area contributed by atoms with Crippen LogP contribution in [0.1, 0.15) is 23.3 Å².